The molecule has 2 rings (SSSR count). The fraction of sp³-hybridized carbons (Fsp3) is 0.529. The zero-order chi connectivity index (χ0) is 17.9. The average molecular weight is 340 g/mol. The SMILES string of the molecule is CC(C)(C)OC(=O)N1CCCCC1C(=O)Nc1ccc(F)c(F)c1. The number of rotatable bonds is 2. The molecule has 1 saturated heterocycles. The first-order chi connectivity index (χ1) is 11.2. The number of piperidine rings is 1. The number of nitrogens with zero attached hydrogens (tertiary/aromatic N) is 1. The van der Waals surface area contributed by atoms with E-state index in [0.29, 0.717) is 13.0 Å². The molecule has 1 unspecified atom stereocenters. The molecule has 1 aliphatic heterocycles. The molecular weight excluding hydrogens is 318 g/mol. The summed E-state index contributed by atoms with van der Waals surface area (Å²) in [5.74, 6) is -2.46. The van der Waals surface area contributed by atoms with E-state index in [1.54, 1.807) is 20.8 Å². The van der Waals surface area contributed by atoms with Crippen LogP contribution in [-0.4, -0.2) is 35.1 Å². The normalized spacial score (nSPS) is 18.2. The molecule has 5 nitrogen and oxygen atoms in total. The number of likely N-dealkylation sites (tertiary alicyclic amines) is 1. The Morgan fingerprint density at radius 2 is 1.92 bits per heavy atom. The summed E-state index contributed by atoms with van der Waals surface area (Å²) in [4.78, 5) is 26.2. The lowest BCUT2D eigenvalue weighted by molar-refractivity contribution is -0.122. The second kappa shape index (κ2) is 7.15. The first-order valence-corrected chi connectivity index (χ1v) is 7.93. The third kappa shape index (κ3) is 4.66. The maximum absolute atomic E-state index is 13.3. The Morgan fingerprint density at radius 1 is 1.21 bits per heavy atom. The van der Waals surface area contributed by atoms with Crippen molar-refractivity contribution in [3.8, 4) is 0 Å². The average Bonchev–Trinajstić information content (AvgIpc) is 2.49. The van der Waals surface area contributed by atoms with Crippen molar-refractivity contribution in [3.63, 3.8) is 0 Å². The summed E-state index contributed by atoms with van der Waals surface area (Å²) < 4.78 is 31.6. The number of carbonyl (C=O) groups is 2. The Labute approximate surface area is 140 Å². The summed E-state index contributed by atoms with van der Waals surface area (Å²) >= 11 is 0. The van der Waals surface area contributed by atoms with Crippen LogP contribution < -0.4 is 5.32 Å². The van der Waals surface area contributed by atoms with Gasteiger partial charge in [-0.1, -0.05) is 0 Å². The van der Waals surface area contributed by atoms with Crippen LogP contribution >= 0.6 is 0 Å². The van der Waals surface area contributed by atoms with Crippen LogP contribution in [0, 0.1) is 11.6 Å². The highest BCUT2D eigenvalue weighted by Crippen LogP contribution is 2.22. The van der Waals surface area contributed by atoms with Crippen LogP contribution in [0.1, 0.15) is 40.0 Å². The Kier molecular flexibility index (Phi) is 5.41. The van der Waals surface area contributed by atoms with Crippen LogP contribution in [0.25, 0.3) is 0 Å². The Balaban J connectivity index is 2.09. The third-order valence-electron chi connectivity index (χ3n) is 3.62. The minimum Gasteiger partial charge on any atom is -0.444 e. The van der Waals surface area contributed by atoms with Crippen molar-refractivity contribution in [2.24, 2.45) is 0 Å². The van der Waals surface area contributed by atoms with Crippen LogP contribution in [0.15, 0.2) is 18.2 Å². The molecule has 1 atom stereocenters. The highest BCUT2D eigenvalue weighted by molar-refractivity contribution is 5.96. The van der Waals surface area contributed by atoms with Gasteiger partial charge in [0, 0.05) is 18.3 Å². The van der Waals surface area contributed by atoms with E-state index in [2.05, 4.69) is 5.32 Å². The molecule has 7 heteroatoms. The first-order valence-electron chi connectivity index (χ1n) is 7.93. The maximum Gasteiger partial charge on any atom is 0.410 e. The molecule has 0 spiro atoms. The summed E-state index contributed by atoms with van der Waals surface area (Å²) in [7, 11) is 0. The Bertz CT molecular complexity index is 629. The number of benzene rings is 1. The van der Waals surface area contributed by atoms with Gasteiger partial charge in [-0.25, -0.2) is 13.6 Å². The van der Waals surface area contributed by atoms with Crippen LogP contribution in [-0.2, 0) is 9.53 Å². The lowest BCUT2D eigenvalue weighted by atomic mass is 10.0. The number of amides is 2. The van der Waals surface area contributed by atoms with Crippen molar-refractivity contribution in [2.45, 2.75) is 51.7 Å². The van der Waals surface area contributed by atoms with Gasteiger partial charge in [0.15, 0.2) is 11.6 Å². The summed E-state index contributed by atoms with van der Waals surface area (Å²) in [6.45, 7) is 5.69. The van der Waals surface area contributed by atoms with Crippen LogP contribution in [0.5, 0.6) is 0 Å². The van der Waals surface area contributed by atoms with Crippen molar-refractivity contribution < 1.29 is 23.1 Å². The van der Waals surface area contributed by atoms with E-state index >= 15 is 0 Å². The lowest BCUT2D eigenvalue weighted by Gasteiger charge is -2.35. The number of hydrogen-bond acceptors (Lipinski definition) is 3. The van der Waals surface area contributed by atoms with Gasteiger partial charge in [-0.3, -0.25) is 9.69 Å². The molecule has 1 N–H and O–H groups in total. The molecule has 24 heavy (non-hydrogen) atoms. The van der Waals surface area contributed by atoms with Crippen molar-refractivity contribution in [1.82, 2.24) is 4.90 Å². The van der Waals surface area contributed by atoms with Crippen molar-refractivity contribution >= 4 is 17.7 Å². The van der Waals surface area contributed by atoms with E-state index in [4.69, 9.17) is 4.74 Å². The monoisotopic (exact) mass is 340 g/mol. The van der Waals surface area contributed by atoms with E-state index in [9.17, 15) is 18.4 Å². The van der Waals surface area contributed by atoms with Gasteiger partial charge < -0.3 is 10.1 Å². The van der Waals surface area contributed by atoms with E-state index in [0.717, 1.165) is 25.0 Å². The molecule has 1 fully saturated rings. The minimum atomic E-state index is -1.04. The molecular formula is C17H22F2N2O3. The van der Waals surface area contributed by atoms with Gasteiger partial charge in [-0.05, 0) is 52.2 Å². The molecule has 1 heterocycles. The number of nitrogens with one attached hydrogen (secondary N) is 1. The van der Waals surface area contributed by atoms with Crippen LogP contribution in [0.3, 0.4) is 0 Å². The van der Waals surface area contributed by atoms with E-state index in [-0.39, 0.29) is 5.69 Å². The van der Waals surface area contributed by atoms with E-state index < -0.39 is 35.3 Å². The molecule has 132 valence electrons. The Morgan fingerprint density at radius 3 is 2.54 bits per heavy atom. The Hall–Kier alpha value is -2.18. The lowest BCUT2D eigenvalue weighted by Crippen LogP contribution is -2.51. The number of carbonyl (C=O) groups excluding carboxylic acids is 2. The van der Waals surface area contributed by atoms with Gasteiger partial charge in [-0.15, -0.1) is 0 Å². The molecule has 0 bridgehead atoms. The number of halogens is 2. The molecule has 1 aromatic carbocycles. The van der Waals surface area contributed by atoms with E-state index in [1.165, 1.54) is 11.0 Å². The highest BCUT2D eigenvalue weighted by Gasteiger charge is 2.34. The van der Waals surface area contributed by atoms with Crippen LogP contribution in [0.4, 0.5) is 19.3 Å². The molecule has 2 amide bonds. The first kappa shape index (κ1) is 18.2. The summed E-state index contributed by atoms with van der Waals surface area (Å²) in [5, 5.41) is 2.53. The second-order valence-corrected chi connectivity index (χ2v) is 6.80. The predicted molar refractivity (Wildman–Crippen MR) is 85.6 cm³/mol. The summed E-state index contributed by atoms with van der Waals surface area (Å²) in [6.07, 6.45) is 1.53. The van der Waals surface area contributed by atoms with Crippen molar-refractivity contribution in [2.75, 3.05) is 11.9 Å². The van der Waals surface area contributed by atoms with Crippen LogP contribution in [0.2, 0.25) is 0 Å². The fourth-order valence-corrected chi connectivity index (χ4v) is 2.54. The third-order valence-corrected chi connectivity index (χ3v) is 3.62. The zero-order valence-electron chi connectivity index (χ0n) is 14.1. The van der Waals surface area contributed by atoms with E-state index in [1.807, 2.05) is 0 Å². The molecule has 0 aromatic heterocycles. The fourth-order valence-electron chi connectivity index (χ4n) is 2.54. The molecule has 1 aromatic rings. The largest absolute Gasteiger partial charge is 0.444 e. The van der Waals surface area contributed by atoms with Gasteiger partial charge in [0.25, 0.3) is 0 Å². The number of ether oxygens (including phenoxy) is 1. The molecule has 0 saturated carbocycles. The van der Waals surface area contributed by atoms with Gasteiger partial charge >= 0.3 is 6.09 Å². The summed E-state index contributed by atoms with van der Waals surface area (Å²) in [5.41, 5.74) is -0.510. The predicted octanol–water partition coefficient (Wildman–Crippen LogP) is 3.69. The highest BCUT2D eigenvalue weighted by atomic mass is 19.2. The van der Waals surface area contributed by atoms with Gasteiger partial charge in [0.1, 0.15) is 11.6 Å². The smallest absolute Gasteiger partial charge is 0.410 e. The maximum atomic E-state index is 13.3. The van der Waals surface area contributed by atoms with Gasteiger partial charge in [-0.2, -0.15) is 0 Å². The van der Waals surface area contributed by atoms with Crippen molar-refractivity contribution in [3.05, 3.63) is 29.8 Å². The molecule has 0 radical (unpaired) electrons. The standard InChI is InChI=1S/C17H22F2N2O3/c1-17(2,3)24-16(23)21-9-5-4-6-14(21)15(22)20-11-7-8-12(18)13(19)10-11/h7-8,10,14H,4-6,9H2,1-3H3,(H,20,22). The van der Waals surface area contributed by atoms with Gasteiger partial charge in [0.2, 0.25) is 5.91 Å². The molecule has 0 aliphatic carbocycles. The number of hydrogen-bond donors (Lipinski definition) is 1. The summed E-state index contributed by atoms with van der Waals surface area (Å²) in [6, 6.07) is 2.43. The second-order valence-electron chi connectivity index (χ2n) is 6.80. The quantitative estimate of drug-likeness (QED) is 0.893. The molecule has 1 aliphatic rings. The minimum absolute atomic E-state index is 0.147. The van der Waals surface area contributed by atoms with Gasteiger partial charge in [0.05, 0.1) is 0 Å². The zero-order valence-corrected chi connectivity index (χ0v) is 14.1. The van der Waals surface area contributed by atoms with Crippen molar-refractivity contribution in [1.29, 1.82) is 0 Å². The topological polar surface area (TPSA) is 58.6 Å². The number of anilines is 1.